The molecule has 3 nitrogen and oxygen atoms in total. The SMILES string of the molecule is O=C(O)c1nc2c(s1)CCc1ccccc1-2. The van der Waals surface area contributed by atoms with E-state index in [1.807, 2.05) is 18.2 Å². The molecule has 0 saturated heterocycles. The average Bonchev–Trinajstić information content (AvgIpc) is 2.73. The second-order valence-corrected chi connectivity index (χ2v) is 4.84. The van der Waals surface area contributed by atoms with Crippen LogP contribution >= 0.6 is 11.3 Å². The van der Waals surface area contributed by atoms with Crippen LogP contribution in [0.15, 0.2) is 24.3 Å². The van der Waals surface area contributed by atoms with Gasteiger partial charge in [-0.2, -0.15) is 0 Å². The van der Waals surface area contributed by atoms with E-state index < -0.39 is 5.97 Å². The Hall–Kier alpha value is -1.68. The van der Waals surface area contributed by atoms with E-state index in [4.69, 9.17) is 5.11 Å². The van der Waals surface area contributed by atoms with Crippen LogP contribution in [0.25, 0.3) is 11.3 Å². The van der Waals surface area contributed by atoms with Crippen molar-refractivity contribution in [1.29, 1.82) is 0 Å². The molecule has 0 bridgehead atoms. The Balaban J connectivity index is 2.20. The summed E-state index contributed by atoms with van der Waals surface area (Å²) in [4.78, 5) is 16.2. The number of thiazole rings is 1. The predicted octanol–water partition coefficient (Wildman–Crippen LogP) is 2.61. The molecule has 1 N–H and O–H groups in total. The average molecular weight is 231 g/mol. The lowest BCUT2D eigenvalue weighted by Gasteiger charge is -2.13. The van der Waals surface area contributed by atoms with Gasteiger partial charge in [0.05, 0.1) is 5.69 Å². The minimum atomic E-state index is -0.933. The van der Waals surface area contributed by atoms with Crippen molar-refractivity contribution in [1.82, 2.24) is 4.98 Å². The largest absolute Gasteiger partial charge is 0.476 e. The van der Waals surface area contributed by atoms with Gasteiger partial charge in [0.2, 0.25) is 5.01 Å². The van der Waals surface area contributed by atoms with Crippen LogP contribution in [0.1, 0.15) is 20.2 Å². The molecule has 0 unspecified atom stereocenters. The summed E-state index contributed by atoms with van der Waals surface area (Å²) in [5.41, 5.74) is 3.22. The van der Waals surface area contributed by atoms with Gasteiger partial charge >= 0.3 is 5.97 Å². The minimum absolute atomic E-state index is 0.196. The fourth-order valence-corrected chi connectivity index (χ4v) is 2.95. The molecule has 0 spiro atoms. The summed E-state index contributed by atoms with van der Waals surface area (Å²) in [7, 11) is 0. The molecule has 0 atom stereocenters. The van der Waals surface area contributed by atoms with E-state index in [9.17, 15) is 4.79 Å². The van der Waals surface area contributed by atoms with Crippen molar-refractivity contribution in [3.05, 3.63) is 39.7 Å². The standard InChI is InChI=1S/C12H9NO2S/c14-12(15)11-13-10-8-4-2-1-3-7(8)5-6-9(10)16-11/h1-4H,5-6H2,(H,14,15). The van der Waals surface area contributed by atoms with Gasteiger partial charge in [0.1, 0.15) is 0 Å². The second kappa shape index (κ2) is 3.42. The van der Waals surface area contributed by atoms with E-state index in [-0.39, 0.29) is 5.01 Å². The van der Waals surface area contributed by atoms with Crippen LogP contribution in [0, 0.1) is 0 Å². The number of hydrogen-bond acceptors (Lipinski definition) is 3. The van der Waals surface area contributed by atoms with Crippen molar-refractivity contribution in [2.24, 2.45) is 0 Å². The van der Waals surface area contributed by atoms with Crippen LogP contribution in [0.3, 0.4) is 0 Å². The molecule has 1 aromatic heterocycles. The fraction of sp³-hybridized carbons (Fsp3) is 0.167. The second-order valence-electron chi connectivity index (χ2n) is 3.75. The van der Waals surface area contributed by atoms with Gasteiger partial charge in [-0.05, 0) is 18.4 Å². The van der Waals surface area contributed by atoms with Crippen molar-refractivity contribution in [2.45, 2.75) is 12.8 Å². The van der Waals surface area contributed by atoms with Crippen LogP contribution in [-0.2, 0) is 12.8 Å². The molecule has 0 fully saturated rings. The van der Waals surface area contributed by atoms with Crippen LogP contribution in [0.2, 0.25) is 0 Å². The van der Waals surface area contributed by atoms with Gasteiger partial charge < -0.3 is 5.11 Å². The normalized spacial score (nSPS) is 13.0. The third-order valence-electron chi connectivity index (χ3n) is 2.77. The Bertz CT molecular complexity index is 574. The van der Waals surface area contributed by atoms with Gasteiger partial charge in [0.15, 0.2) is 0 Å². The number of hydrogen-bond donors (Lipinski definition) is 1. The van der Waals surface area contributed by atoms with Gasteiger partial charge in [-0.1, -0.05) is 24.3 Å². The highest BCUT2D eigenvalue weighted by atomic mass is 32.1. The number of fused-ring (bicyclic) bond motifs is 3. The van der Waals surface area contributed by atoms with E-state index in [0.29, 0.717) is 0 Å². The summed E-state index contributed by atoms with van der Waals surface area (Å²) in [6.07, 6.45) is 1.88. The molecule has 1 aliphatic carbocycles. The zero-order valence-corrected chi connectivity index (χ0v) is 9.25. The lowest BCUT2D eigenvalue weighted by Crippen LogP contribution is -2.01. The Morgan fingerprint density at radius 3 is 2.94 bits per heavy atom. The highest BCUT2D eigenvalue weighted by Crippen LogP contribution is 2.35. The Morgan fingerprint density at radius 1 is 1.31 bits per heavy atom. The summed E-state index contributed by atoms with van der Waals surface area (Å²) in [6, 6.07) is 8.07. The van der Waals surface area contributed by atoms with Gasteiger partial charge in [-0.15, -0.1) is 11.3 Å². The summed E-state index contributed by atoms with van der Waals surface area (Å²) in [5.74, 6) is -0.933. The molecule has 0 aliphatic heterocycles. The van der Waals surface area contributed by atoms with Gasteiger partial charge in [0, 0.05) is 10.4 Å². The van der Waals surface area contributed by atoms with Crippen LogP contribution in [-0.4, -0.2) is 16.1 Å². The number of rotatable bonds is 1. The maximum atomic E-state index is 10.9. The maximum Gasteiger partial charge on any atom is 0.365 e. The smallest absolute Gasteiger partial charge is 0.365 e. The summed E-state index contributed by atoms with van der Waals surface area (Å²) >= 11 is 1.30. The van der Waals surface area contributed by atoms with Crippen LogP contribution in [0.4, 0.5) is 0 Å². The first-order valence-electron chi connectivity index (χ1n) is 5.07. The molecule has 1 aromatic carbocycles. The molecule has 1 aliphatic rings. The number of aryl methyl sites for hydroxylation is 2. The summed E-state index contributed by atoms with van der Waals surface area (Å²) in [5, 5.41) is 9.13. The predicted molar refractivity (Wildman–Crippen MR) is 61.9 cm³/mol. The molecule has 16 heavy (non-hydrogen) atoms. The molecule has 2 aromatic rings. The Labute approximate surface area is 96.4 Å². The van der Waals surface area contributed by atoms with Crippen molar-refractivity contribution in [3.8, 4) is 11.3 Å². The third-order valence-corrected chi connectivity index (χ3v) is 3.88. The molecule has 0 radical (unpaired) electrons. The molecule has 1 heterocycles. The Kier molecular flexibility index (Phi) is 2.04. The van der Waals surface area contributed by atoms with E-state index >= 15 is 0 Å². The zero-order chi connectivity index (χ0) is 11.1. The topological polar surface area (TPSA) is 50.2 Å². The number of carbonyl (C=O) groups is 1. The molecular formula is C12H9NO2S. The van der Waals surface area contributed by atoms with E-state index in [0.717, 1.165) is 29.0 Å². The zero-order valence-electron chi connectivity index (χ0n) is 8.43. The lowest BCUT2D eigenvalue weighted by atomic mass is 9.94. The monoisotopic (exact) mass is 231 g/mol. The number of carboxylic acids is 1. The van der Waals surface area contributed by atoms with Gasteiger partial charge in [-0.3, -0.25) is 0 Å². The maximum absolute atomic E-state index is 10.9. The molecule has 0 amide bonds. The van der Waals surface area contributed by atoms with E-state index in [1.54, 1.807) is 0 Å². The summed E-state index contributed by atoms with van der Waals surface area (Å²) < 4.78 is 0. The molecule has 3 rings (SSSR count). The van der Waals surface area contributed by atoms with Gasteiger partial charge in [0.25, 0.3) is 0 Å². The molecule has 80 valence electrons. The van der Waals surface area contributed by atoms with Gasteiger partial charge in [-0.25, -0.2) is 9.78 Å². The highest BCUT2D eigenvalue weighted by molar-refractivity contribution is 7.14. The number of benzene rings is 1. The number of nitrogens with zero attached hydrogens (tertiary/aromatic N) is 1. The number of carboxylic acid groups (broad SMARTS) is 1. The van der Waals surface area contributed by atoms with E-state index in [2.05, 4.69) is 11.1 Å². The third kappa shape index (κ3) is 1.34. The lowest BCUT2D eigenvalue weighted by molar-refractivity contribution is 0.0696. The van der Waals surface area contributed by atoms with Crippen molar-refractivity contribution in [3.63, 3.8) is 0 Å². The molecular weight excluding hydrogens is 222 g/mol. The first-order chi connectivity index (χ1) is 7.75. The van der Waals surface area contributed by atoms with Crippen molar-refractivity contribution in [2.75, 3.05) is 0 Å². The highest BCUT2D eigenvalue weighted by Gasteiger charge is 2.22. The number of aromatic nitrogens is 1. The minimum Gasteiger partial charge on any atom is -0.476 e. The fourth-order valence-electron chi connectivity index (χ4n) is 2.04. The van der Waals surface area contributed by atoms with Crippen molar-refractivity contribution < 1.29 is 9.90 Å². The number of aromatic carboxylic acids is 1. The Morgan fingerprint density at radius 2 is 2.12 bits per heavy atom. The molecule has 4 heteroatoms. The van der Waals surface area contributed by atoms with Crippen LogP contribution in [0.5, 0.6) is 0 Å². The van der Waals surface area contributed by atoms with Crippen molar-refractivity contribution >= 4 is 17.3 Å². The first-order valence-corrected chi connectivity index (χ1v) is 5.88. The first kappa shape index (κ1) is 9.54. The van der Waals surface area contributed by atoms with E-state index in [1.165, 1.54) is 16.9 Å². The van der Waals surface area contributed by atoms with Crippen LogP contribution < -0.4 is 0 Å². The molecule has 0 saturated carbocycles. The summed E-state index contributed by atoms with van der Waals surface area (Å²) in [6.45, 7) is 0. The quantitative estimate of drug-likeness (QED) is 0.820.